The zero-order valence-electron chi connectivity index (χ0n) is 18.8. The van der Waals surface area contributed by atoms with Crippen LogP contribution in [0.4, 0.5) is 0 Å². The van der Waals surface area contributed by atoms with Gasteiger partial charge in [-0.3, -0.25) is 14.4 Å². The Hall–Kier alpha value is -1.84. The number of hydrogen-bond acceptors (Lipinski definition) is 7. The zero-order valence-corrected chi connectivity index (χ0v) is 18.8. The summed E-state index contributed by atoms with van der Waals surface area (Å²) in [5, 5.41) is 11.6. The number of unbranched alkanes of at least 4 members (excludes halogenated alkanes) is 2. The molecular formula is C21H41N5O4. The molecular weight excluding hydrogens is 386 g/mol. The first-order valence-electron chi connectivity index (χ1n) is 10.9. The molecule has 0 aliphatic rings. The largest absolute Gasteiger partial charge is 0.352 e. The molecule has 0 saturated heterocycles. The summed E-state index contributed by atoms with van der Waals surface area (Å²) >= 11 is 0. The summed E-state index contributed by atoms with van der Waals surface area (Å²) < 4.78 is 0. The van der Waals surface area contributed by atoms with Gasteiger partial charge in [-0.15, -0.1) is 0 Å². The number of carbonyl (C=O) groups is 4. The van der Waals surface area contributed by atoms with Gasteiger partial charge in [0.1, 0.15) is 12.1 Å². The minimum atomic E-state index is -0.637. The number of hydrogen-bond donors (Lipinski definition) is 5. The monoisotopic (exact) mass is 427 g/mol. The van der Waals surface area contributed by atoms with Gasteiger partial charge in [0.05, 0.1) is 12.1 Å². The lowest BCUT2D eigenvalue weighted by Gasteiger charge is -2.21. The average Bonchev–Trinajstić information content (AvgIpc) is 2.71. The van der Waals surface area contributed by atoms with Gasteiger partial charge in [0, 0.05) is 18.9 Å². The fourth-order valence-corrected chi connectivity index (χ4v) is 3.10. The predicted molar refractivity (Wildman–Crippen MR) is 118 cm³/mol. The second-order valence-corrected chi connectivity index (χ2v) is 7.77. The van der Waals surface area contributed by atoms with Crippen LogP contribution in [-0.4, -0.2) is 69.2 Å². The van der Waals surface area contributed by atoms with Gasteiger partial charge < -0.3 is 31.8 Å². The molecule has 0 bridgehead atoms. The summed E-state index contributed by atoms with van der Waals surface area (Å²) in [6.07, 6.45) is 6.01. The molecule has 0 aromatic rings. The molecule has 2 amide bonds. The van der Waals surface area contributed by atoms with Crippen LogP contribution < -0.4 is 27.0 Å². The van der Waals surface area contributed by atoms with Crippen molar-refractivity contribution in [1.29, 1.82) is 0 Å². The third kappa shape index (κ3) is 15.1. The number of amides is 2. The fourth-order valence-electron chi connectivity index (χ4n) is 3.10. The maximum Gasteiger partial charge on any atom is 0.237 e. The molecule has 174 valence electrons. The second kappa shape index (κ2) is 18.0. The third-order valence-corrected chi connectivity index (χ3v) is 4.83. The van der Waals surface area contributed by atoms with E-state index in [0.717, 1.165) is 45.1 Å². The van der Waals surface area contributed by atoms with Gasteiger partial charge in [0.25, 0.3) is 0 Å². The van der Waals surface area contributed by atoms with E-state index < -0.39 is 18.1 Å². The number of aldehydes is 1. The average molecular weight is 428 g/mol. The van der Waals surface area contributed by atoms with E-state index in [4.69, 9.17) is 5.73 Å². The molecule has 3 atom stereocenters. The number of ketones is 1. The van der Waals surface area contributed by atoms with Gasteiger partial charge in [-0.2, -0.15) is 0 Å². The minimum Gasteiger partial charge on any atom is -0.352 e. The number of nitrogens with one attached hydrogen (secondary N) is 4. The Morgan fingerprint density at radius 2 is 1.50 bits per heavy atom. The Morgan fingerprint density at radius 3 is 2.03 bits per heavy atom. The van der Waals surface area contributed by atoms with Crippen molar-refractivity contribution in [3.8, 4) is 0 Å². The summed E-state index contributed by atoms with van der Waals surface area (Å²) in [6, 6.07) is -1.60. The van der Waals surface area contributed by atoms with Gasteiger partial charge in [-0.25, -0.2) is 0 Å². The van der Waals surface area contributed by atoms with E-state index in [0.29, 0.717) is 19.3 Å². The Kier molecular flexibility index (Phi) is 16.9. The summed E-state index contributed by atoms with van der Waals surface area (Å²) in [5.41, 5.74) is 5.95. The molecule has 0 heterocycles. The second-order valence-electron chi connectivity index (χ2n) is 7.77. The summed E-state index contributed by atoms with van der Waals surface area (Å²) in [7, 11) is 3.74. The number of nitrogens with two attached hydrogens (primary N) is 1. The van der Waals surface area contributed by atoms with E-state index in [1.54, 1.807) is 0 Å². The van der Waals surface area contributed by atoms with Crippen molar-refractivity contribution in [3.63, 3.8) is 0 Å². The van der Waals surface area contributed by atoms with E-state index in [-0.39, 0.29) is 30.4 Å². The smallest absolute Gasteiger partial charge is 0.237 e. The molecule has 9 heteroatoms. The molecule has 0 aromatic carbocycles. The lowest BCUT2D eigenvalue weighted by Crippen LogP contribution is -2.46. The molecule has 0 aliphatic carbocycles. The van der Waals surface area contributed by atoms with Gasteiger partial charge >= 0.3 is 0 Å². The summed E-state index contributed by atoms with van der Waals surface area (Å²) in [4.78, 5) is 47.3. The van der Waals surface area contributed by atoms with Crippen molar-refractivity contribution >= 4 is 23.9 Å². The van der Waals surface area contributed by atoms with Crippen LogP contribution in [0.1, 0.15) is 64.7 Å². The van der Waals surface area contributed by atoms with Crippen LogP contribution in [0.5, 0.6) is 0 Å². The molecule has 3 unspecified atom stereocenters. The molecule has 0 spiro atoms. The highest BCUT2D eigenvalue weighted by Crippen LogP contribution is 2.07. The number of carbonyl (C=O) groups excluding carboxylic acids is 4. The first kappa shape index (κ1) is 28.2. The molecule has 0 rings (SSSR count). The van der Waals surface area contributed by atoms with E-state index in [2.05, 4.69) is 21.3 Å². The van der Waals surface area contributed by atoms with E-state index in [1.165, 1.54) is 6.92 Å². The van der Waals surface area contributed by atoms with Crippen LogP contribution in [0, 0.1) is 0 Å². The van der Waals surface area contributed by atoms with E-state index >= 15 is 0 Å². The third-order valence-electron chi connectivity index (χ3n) is 4.83. The highest BCUT2D eigenvalue weighted by molar-refractivity contribution is 5.83. The van der Waals surface area contributed by atoms with Gasteiger partial charge in [0.2, 0.25) is 11.8 Å². The van der Waals surface area contributed by atoms with E-state index in [1.807, 2.05) is 14.1 Å². The molecule has 9 nitrogen and oxygen atoms in total. The van der Waals surface area contributed by atoms with Crippen molar-refractivity contribution < 1.29 is 19.2 Å². The highest BCUT2D eigenvalue weighted by Gasteiger charge is 2.20. The minimum absolute atomic E-state index is 0.0707. The predicted octanol–water partition coefficient (Wildman–Crippen LogP) is 0.0209. The lowest BCUT2D eigenvalue weighted by molar-refractivity contribution is -0.126. The Bertz CT molecular complexity index is 516. The van der Waals surface area contributed by atoms with Gasteiger partial charge in [-0.1, -0.05) is 6.42 Å². The number of Topliss-reactive ketones (excluding diaryl/α,β-unsaturated/α-hetero) is 1. The van der Waals surface area contributed by atoms with Crippen LogP contribution >= 0.6 is 0 Å². The van der Waals surface area contributed by atoms with Crippen LogP contribution in [0.3, 0.4) is 0 Å². The Balaban J connectivity index is 4.46. The van der Waals surface area contributed by atoms with Gasteiger partial charge in [0.15, 0.2) is 0 Å². The maximum atomic E-state index is 12.3. The molecule has 30 heavy (non-hydrogen) atoms. The van der Waals surface area contributed by atoms with Crippen LogP contribution in [0.2, 0.25) is 0 Å². The molecule has 0 aliphatic heterocycles. The van der Waals surface area contributed by atoms with E-state index in [9.17, 15) is 19.2 Å². The van der Waals surface area contributed by atoms with Crippen LogP contribution in [0.15, 0.2) is 0 Å². The standard InChI is InChI=1S/C21H41N5O4/c1-16(28)14-17(26-21(30)19(22)9-5-7-13-24-3)10-11-20(29)25-18(15-27)8-4-6-12-23-2/h15,17-19,23-24H,4-14,22H2,1-3H3,(H,25,29)(H,26,30). The van der Waals surface area contributed by atoms with Crippen molar-refractivity contribution in [2.24, 2.45) is 5.73 Å². The first-order valence-corrected chi connectivity index (χ1v) is 10.9. The topological polar surface area (TPSA) is 142 Å². The zero-order chi connectivity index (χ0) is 22.8. The van der Waals surface area contributed by atoms with Gasteiger partial charge in [-0.05, 0) is 72.6 Å². The summed E-state index contributed by atoms with van der Waals surface area (Å²) in [6.45, 7) is 3.18. The molecule has 0 radical (unpaired) electrons. The Labute approximate surface area is 180 Å². The van der Waals surface area contributed by atoms with Crippen molar-refractivity contribution in [1.82, 2.24) is 21.3 Å². The molecule has 0 aromatic heterocycles. The lowest BCUT2D eigenvalue weighted by atomic mass is 10.0. The highest BCUT2D eigenvalue weighted by atomic mass is 16.2. The number of rotatable bonds is 19. The maximum absolute atomic E-state index is 12.3. The van der Waals surface area contributed by atoms with Crippen LogP contribution in [-0.2, 0) is 19.2 Å². The Morgan fingerprint density at radius 1 is 0.900 bits per heavy atom. The quantitative estimate of drug-likeness (QED) is 0.144. The normalized spacial score (nSPS) is 13.9. The molecule has 6 N–H and O–H groups in total. The fraction of sp³-hybridized carbons (Fsp3) is 0.810. The molecule has 0 saturated carbocycles. The van der Waals surface area contributed by atoms with Crippen molar-refractivity contribution in [3.05, 3.63) is 0 Å². The summed E-state index contributed by atoms with van der Waals surface area (Å²) in [5.74, 6) is -0.639. The first-order chi connectivity index (χ1) is 14.3. The SMILES string of the molecule is CNCCCCC(C=O)NC(=O)CCC(CC(C)=O)NC(=O)C(N)CCCCNC. The van der Waals surface area contributed by atoms with Crippen molar-refractivity contribution in [2.75, 3.05) is 27.2 Å². The van der Waals surface area contributed by atoms with Crippen molar-refractivity contribution in [2.45, 2.75) is 82.8 Å². The molecule has 0 fully saturated rings. The van der Waals surface area contributed by atoms with Crippen LogP contribution in [0.25, 0.3) is 0 Å².